The number of benzene rings is 2. The van der Waals surface area contributed by atoms with Crippen LogP contribution in [0.3, 0.4) is 0 Å². The van der Waals surface area contributed by atoms with Crippen LogP contribution in [-0.4, -0.2) is 81.6 Å². The van der Waals surface area contributed by atoms with E-state index in [1.54, 1.807) is 4.90 Å². The molecule has 0 unspecified atom stereocenters. The minimum absolute atomic E-state index is 0.0145. The maximum Gasteiger partial charge on any atom is 0.410 e. The largest absolute Gasteiger partial charge is 0.480 e. The molecule has 2 aromatic rings. The number of urea groups is 1. The highest BCUT2D eigenvalue weighted by molar-refractivity contribution is 5.96. The molecule has 4 rings (SSSR count). The SMILES string of the molecule is CC(C)(C)OC(=O)N1CCC(CN(C(=O)CC(c2ccccc2)c2ccccc2)C(=O)N2CCC[C@H]2C(=O)O)CC1. The van der Waals surface area contributed by atoms with Crippen LogP contribution in [-0.2, 0) is 14.3 Å². The summed E-state index contributed by atoms with van der Waals surface area (Å²) in [7, 11) is 0. The van der Waals surface area contributed by atoms with Crippen LogP contribution in [0.5, 0.6) is 0 Å². The summed E-state index contributed by atoms with van der Waals surface area (Å²) in [4.78, 5) is 56.6. The molecule has 1 N–H and O–H groups in total. The van der Waals surface area contributed by atoms with Crippen molar-refractivity contribution in [3.63, 3.8) is 0 Å². The molecule has 0 radical (unpaired) electrons. The van der Waals surface area contributed by atoms with Crippen molar-refractivity contribution in [2.45, 2.75) is 70.4 Å². The van der Waals surface area contributed by atoms with E-state index >= 15 is 0 Å². The number of hydrogen-bond donors (Lipinski definition) is 1. The van der Waals surface area contributed by atoms with Gasteiger partial charge in [0.25, 0.3) is 0 Å². The van der Waals surface area contributed by atoms with Gasteiger partial charge in [0.2, 0.25) is 5.91 Å². The van der Waals surface area contributed by atoms with E-state index in [0.717, 1.165) is 11.1 Å². The van der Waals surface area contributed by atoms with Crippen LogP contribution in [0.4, 0.5) is 9.59 Å². The number of likely N-dealkylation sites (tertiary alicyclic amines) is 2. The van der Waals surface area contributed by atoms with E-state index in [2.05, 4.69) is 0 Å². The van der Waals surface area contributed by atoms with E-state index in [4.69, 9.17) is 4.74 Å². The fraction of sp³-hybridized carbons (Fsp3) is 0.500. The van der Waals surface area contributed by atoms with Crippen LogP contribution in [0.1, 0.15) is 69.9 Å². The summed E-state index contributed by atoms with van der Waals surface area (Å²) in [5.74, 6) is -1.67. The lowest BCUT2D eigenvalue weighted by molar-refractivity contribution is -0.142. The minimum Gasteiger partial charge on any atom is -0.480 e. The molecule has 2 saturated heterocycles. The Bertz CT molecular complexity index is 1170. The summed E-state index contributed by atoms with van der Waals surface area (Å²) in [6.45, 7) is 6.90. The number of amides is 4. The molecule has 41 heavy (non-hydrogen) atoms. The highest BCUT2D eigenvalue weighted by atomic mass is 16.6. The first kappa shape index (κ1) is 30.1. The van der Waals surface area contributed by atoms with E-state index in [1.165, 1.54) is 9.80 Å². The van der Waals surface area contributed by atoms with Gasteiger partial charge in [-0.25, -0.2) is 14.4 Å². The highest BCUT2D eigenvalue weighted by Gasteiger charge is 2.40. The molecule has 9 nitrogen and oxygen atoms in total. The number of nitrogens with zero attached hydrogens (tertiary/aromatic N) is 3. The third kappa shape index (κ3) is 7.86. The number of rotatable bonds is 7. The molecule has 0 bridgehead atoms. The van der Waals surface area contributed by atoms with Crippen LogP contribution in [0.25, 0.3) is 0 Å². The predicted molar refractivity (Wildman–Crippen MR) is 154 cm³/mol. The van der Waals surface area contributed by atoms with Gasteiger partial charge in [0.05, 0.1) is 0 Å². The minimum atomic E-state index is -1.06. The number of aliphatic carboxylic acids is 1. The highest BCUT2D eigenvalue weighted by Crippen LogP contribution is 2.30. The smallest absolute Gasteiger partial charge is 0.410 e. The molecule has 0 spiro atoms. The number of carbonyl (C=O) groups excluding carboxylic acids is 3. The number of piperidine rings is 1. The monoisotopic (exact) mass is 563 g/mol. The molecule has 0 saturated carbocycles. The van der Waals surface area contributed by atoms with Gasteiger partial charge >= 0.3 is 18.1 Å². The standard InChI is InChI=1S/C32H41N3O6/c1-32(2,3)41-31(40)33-19-16-23(17-20-33)22-35(30(39)34-18-10-15-27(34)29(37)38)28(36)21-26(24-11-6-4-7-12-24)25-13-8-5-9-14-25/h4-9,11-14,23,26-27H,10,15-22H2,1-3H3,(H,37,38)/t27-/m0/s1. The van der Waals surface area contributed by atoms with Crippen molar-refractivity contribution in [3.8, 4) is 0 Å². The molecule has 9 heteroatoms. The Kier molecular flexibility index (Phi) is 9.68. The summed E-state index contributed by atoms with van der Waals surface area (Å²) in [5.41, 5.74) is 1.35. The Morgan fingerprint density at radius 1 is 0.902 bits per heavy atom. The Balaban J connectivity index is 1.54. The lowest BCUT2D eigenvalue weighted by atomic mass is 9.88. The van der Waals surface area contributed by atoms with Crippen molar-refractivity contribution in [1.82, 2.24) is 14.7 Å². The van der Waals surface area contributed by atoms with Crippen LogP contribution in [0, 0.1) is 5.92 Å². The van der Waals surface area contributed by atoms with Crippen molar-refractivity contribution in [2.24, 2.45) is 5.92 Å². The lowest BCUT2D eigenvalue weighted by Crippen LogP contribution is -2.52. The van der Waals surface area contributed by atoms with Gasteiger partial charge < -0.3 is 19.6 Å². The van der Waals surface area contributed by atoms with Gasteiger partial charge in [-0.3, -0.25) is 9.69 Å². The number of carboxylic acids is 1. The van der Waals surface area contributed by atoms with Crippen LogP contribution in [0.15, 0.2) is 60.7 Å². The molecule has 4 amide bonds. The summed E-state index contributed by atoms with van der Waals surface area (Å²) in [5, 5.41) is 9.73. The number of carboxylic acid groups (broad SMARTS) is 1. The fourth-order valence-electron chi connectivity index (χ4n) is 5.66. The first-order valence-corrected chi connectivity index (χ1v) is 14.4. The topological polar surface area (TPSA) is 107 Å². The molecular formula is C32H41N3O6. The van der Waals surface area contributed by atoms with Crippen LogP contribution in [0.2, 0.25) is 0 Å². The van der Waals surface area contributed by atoms with Gasteiger partial charge in [-0.1, -0.05) is 60.7 Å². The van der Waals surface area contributed by atoms with E-state index in [1.807, 2.05) is 81.4 Å². The quantitative estimate of drug-likeness (QED) is 0.487. The maximum atomic E-state index is 14.0. The average Bonchev–Trinajstić information content (AvgIpc) is 3.45. The molecule has 0 aliphatic carbocycles. The molecule has 2 aliphatic heterocycles. The number of hydrogen-bond acceptors (Lipinski definition) is 5. The first-order valence-electron chi connectivity index (χ1n) is 14.4. The number of carbonyl (C=O) groups is 4. The predicted octanol–water partition coefficient (Wildman–Crippen LogP) is 5.35. The van der Waals surface area contributed by atoms with Crippen molar-refractivity contribution in [2.75, 3.05) is 26.2 Å². The molecular weight excluding hydrogens is 522 g/mol. The summed E-state index contributed by atoms with van der Waals surface area (Å²) >= 11 is 0. The van der Waals surface area contributed by atoms with E-state index in [-0.39, 0.29) is 36.8 Å². The van der Waals surface area contributed by atoms with Gasteiger partial charge in [0.15, 0.2) is 0 Å². The Hall–Kier alpha value is -3.88. The fourth-order valence-corrected chi connectivity index (χ4v) is 5.66. The number of ether oxygens (including phenoxy) is 1. The molecule has 0 aromatic heterocycles. The molecule has 1 atom stereocenters. The third-order valence-electron chi connectivity index (χ3n) is 7.81. The van der Waals surface area contributed by atoms with Crippen molar-refractivity contribution in [3.05, 3.63) is 71.8 Å². The third-order valence-corrected chi connectivity index (χ3v) is 7.81. The molecule has 2 fully saturated rings. The normalized spacial score (nSPS) is 17.9. The van der Waals surface area contributed by atoms with Gasteiger partial charge in [0, 0.05) is 38.5 Å². The molecule has 220 valence electrons. The first-order chi connectivity index (χ1) is 19.5. The Morgan fingerprint density at radius 2 is 1.46 bits per heavy atom. The zero-order chi connectivity index (χ0) is 29.6. The zero-order valence-electron chi connectivity index (χ0n) is 24.2. The van der Waals surface area contributed by atoms with Crippen molar-refractivity contribution < 1.29 is 29.0 Å². The second-order valence-corrected chi connectivity index (χ2v) is 12.0. The van der Waals surface area contributed by atoms with E-state index in [9.17, 15) is 24.3 Å². The molecule has 2 aromatic carbocycles. The Labute approximate surface area is 242 Å². The molecule has 2 heterocycles. The summed E-state index contributed by atoms with van der Waals surface area (Å²) in [6, 6.07) is 18.0. The van der Waals surface area contributed by atoms with Crippen molar-refractivity contribution >= 4 is 24.0 Å². The second-order valence-electron chi connectivity index (χ2n) is 12.0. The van der Waals surface area contributed by atoms with Gasteiger partial charge in [0.1, 0.15) is 11.6 Å². The second kappa shape index (κ2) is 13.2. The maximum absolute atomic E-state index is 14.0. The summed E-state index contributed by atoms with van der Waals surface area (Å²) < 4.78 is 5.51. The van der Waals surface area contributed by atoms with E-state index < -0.39 is 23.6 Å². The van der Waals surface area contributed by atoms with Crippen molar-refractivity contribution in [1.29, 1.82) is 0 Å². The van der Waals surface area contributed by atoms with Crippen LogP contribution < -0.4 is 0 Å². The van der Waals surface area contributed by atoms with Gasteiger partial charge in [-0.15, -0.1) is 0 Å². The summed E-state index contributed by atoms with van der Waals surface area (Å²) in [6.07, 6.45) is 1.87. The van der Waals surface area contributed by atoms with Gasteiger partial charge in [-0.2, -0.15) is 0 Å². The number of imide groups is 1. The lowest BCUT2D eigenvalue weighted by Gasteiger charge is -2.36. The van der Waals surface area contributed by atoms with Crippen LogP contribution >= 0.6 is 0 Å². The molecule has 2 aliphatic rings. The van der Waals surface area contributed by atoms with Gasteiger partial charge in [-0.05, 0) is 63.5 Å². The average molecular weight is 564 g/mol. The zero-order valence-corrected chi connectivity index (χ0v) is 24.2. The Morgan fingerprint density at radius 3 is 1.98 bits per heavy atom. The van der Waals surface area contributed by atoms with E-state index in [0.29, 0.717) is 45.3 Å².